The van der Waals surface area contributed by atoms with E-state index in [1.165, 1.54) is 10.6 Å². The molecule has 4 aromatic rings. The summed E-state index contributed by atoms with van der Waals surface area (Å²) in [7, 11) is -4.99. The van der Waals surface area contributed by atoms with Crippen LogP contribution < -0.4 is 21.2 Å². The van der Waals surface area contributed by atoms with Gasteiger partial charge < -0.3 is 4.57 Å². The van der Waals surface area contributed by atoms with Crippen LogP contribution in [-0.2, 0) is 4.57 Å². The smallest absolute Gasteiger partial charge is 0.181 e. The van der Waals surface area contributed by atoms with Crippen LogP contribution in [0.3, 0.4) is 0 Å². The van der Waals surface area contributed by atoms with E-state index in [-0.39, 0.29) is 5.40 Å². The lowest BCUT2D eigenvalue weighted by Gasteiger charge is -2.39. The molecule has 4 aromatic carbocycles. The number of rotatable bonds is 9. The molecular formula is C30H33OP2+. The summed E-state index contributed by atoms with van der Waals surface area (Å²) in [5.74, 6) is 0. The van der Waals surface area contributed by atoms with Gasteiger partial charge in [-0.25, -0.2) is 0 Å². The van der Waals surface area contributed by atoms with E-state index in [2.05, 4.69) is 98.8 Å². The van der Waals surface area contributed by atoms with Gasteiger partial charge in [0.25, 0.3) is 0 Å². The third-order valence-electron chi connectivity index (χ3n) is 6.69. The maximum absolute atomic E-state index is 15.7. The van der Waals surface area contributed by atoms with E-state index < -0.39 is 14.4 Å². The highest BCUT2D eigenvalue weighted by Crippen LogP contribution is 2.73. The van der Waals surface area contributed by atoms with Crippen LogP contribution in [0.2, 0.25) is 0 Å². The molecule has 33 heavy (non-hydrogen) atoms. The van der Waals surface area contributed by atoms with Crippen LogP contribution in [0.4, 0.5) is 0 Å². The fourth-order valence-corrected chi connectivity index (χ4v) is 16.6. The molecule has 0 aliphatic carbocycles. The summed E-state index contributed by atoms with van der Waals surface area (Å²) in [5.41, 5.74) is 0. The van der Waals surface area contributed by atoms with Crippen LogP contribution in [0.25, 0.3) is 0 Å². The molecule has 0 aromatic heterocycles. The molecule has 0 unspecified atom stereocenters. The standard InChI is InChI=1S/C30H33OP2/c1-3-17-30(33(31,28-22-13-7-14-23-28)29-24-15-8-16-25-29)32(4-2,26-18-9-5-10-19-26)27-20-11-6-12-21-27/h5-16,18-25,30H,3-4,17H2,1-2H3/q+1/t30-/m0/s1. The number of benzene rings is 4. The first kappa shape index (κ1) is 23.7. The highest BCUT2D eigenvalue weighted by Gasteiger charge is 2.57. The molecule has 0 bridgehead atoms. The number of hydrogen-bond donors (Lipinski definition) is 0. The minimum atomic E-state index is -2.97. The van der Waals surface area contributed by atoms with E-state index in [4.69, 9.17) is 0 Å². The van der Waals surface area contributed by atoms with E-state index in [1.807, 2.05) is 36.4 Å². The zero-order valence-corrected chi connectivity index (χ0v) is 21.3. The van der Waals surface area contributed by atoms with Crippen molar-refractivity contribution < 1.29 is 4.57 Å². The maximum atomic E-state index is 15.7. The van der Waals surface area contributed by atoms with Crippen LogP contribution in [0.1, 0.15) is 26.7 Å². The van der Waals surface area contributed by atoms with E-state index >= 15 is 4.57 Å². The Labute approximate surface area is 199 Å². The fourth-order valence-electron chi connectivity index (χ4n) is 5.19. The highest BCUT2D eigenvalue weighted by molar-refractivity contribution is 8.01. The molecule has 1 nitrogen and oxygen atoms in total. The minimum absolute atomic E-state index is 0.0367. The SMILES string of the molecule is CCC[C@H](P(=O)(c1ccccc1)c1ccccc1)[P+](CC)(c1ccccc1)c1ccccc1. The molecule has 0 saturated heterocycles. The quantitative estimate of drug-likeness (QED) is 0.245. The Hall–Kier alpha value is -2.46. The van der Waals surface area contributed by atoms with Crippen molar-refractivity contribution in [1.29, 1.82) is 0 Å². The zero-order chi connectivity index (χ0) is 23.2. The summed E-state index contributed by atoms with van der Waals surface area (Å²) in [6, 6.07) is 42.3. The summed E-state index contributed by atoms with van der Waals surface area (Å²) in [6.45, 7) is 4.53. The third-order valence-corrected chi connectivity index (χ3v) is 16.8. The van der Waals surface area contributed by atoms with Crippen LogP contribution in [-0.4, -0.2) is 11.6 Å². The van der Waals surface area contributed by atoms with E-state index in [0.717, 1.165) is 29.6 Å². The Bertz CT molecular complexity index is 1090. The lowest BCUT2D eigenvalue weighted by Crippen LogP contribution is -2.37. The Kier molecular flexibility index (Phi) is 7.64. The monoisotopic (exact) mass is 471 g/mol. The molecule has 0 fully saturated rings. The molecule has 0 radical (unpaired) electrons. The highest BCUT2D eigenvalue weighted by atomic mass is 31.2. The van der Waals surface area contributed by atoms with Crippen molar-refractivity contribution in [1.82, 2.24) is 0 Å². The summed E-state index contributed by atoms with van der Waals surface area (Å²) in [5, 5.41) is 4.68. The Morgan fingerprint density at radius 3 is 1.30 bits per heavy atom. The first-order valence-electron chi connectivity index (χ1n) is 11.9. The van der Waals surface area contributed by atoms with E-state index in [1.54, 1.807) is 0 Å². The lowest BCUT2D eigenvalue weighted by molar-refractivity contribution is 0.582. The molecule has 0 N–H and O–H groups in total. The summed E-state index contributed by atoms with van der Waals surface area (Å²) >= 11 is 0. The molecule has 0 amide bonds. The first-order valence-corrected chi connectivity index (χ1v) is 15.7. The van der Waals surface area contributed by atoms with Gasteiger partial charge in [-0.05, 0) is 37.6 Å². The van der Waals surface area contributed by atoms with Crippen molar-refractivity contribution in [3.05, 3.63) is 121 Å². The van der Waals surface area contributed by atoms with Crippen molar-refractivity contribution in [3.63, 3.8) is 0 Å². The molecule has 1 atom stereocenters. The van der Waals surface area contributed by atoms with Gasteiger partial charge in [-0.1, -0.05) is 110 Å². The summed E-state index contributed by atoms with van der Waals surface area (Å²) < 4.78 is 15.7. The number of hydrogen-bond acceptors (Lipinski definition) is 1. The van der Waals surface area contributed by atoms with Crippen molar-refractivity contribution in [2.75, 3.05) is 6.16 Å². The second-order valence-electron chi connectivity index (χ2n) is 8.45. The van der Waals surface area contributed by atoms with E-state index in [0.29, 0.717) is 0 Å². The van der Waals surface area contributed by atoms with Gasteiger partial charge in [-0.15, -0.1) is 0 Å². The molecular weight excluding hydrogens is 438 g/mol. The Morgan fingerprint density at radius 1 is 0.606 bits per heavy atom. The van der Waals surface area contributed by atoms with Gasteiger partial charge in [0.05, 0.1) is 24.0 Å². The minimum Gasteiger partial charge on any atom is -0.309 e. The Morgan fingerprint density at radius 2 is 0.970 bits per heavy atom. The first-order chi connectivity index (χ1) is 16.2. The van der Waals surface area contributed by atoms with Gasteiger partial charge in [-0.2, -0.15) is 0 Å². The molecule has 0 aliphatic rings. The third kappa shape index (κ3) is 4.38. The van der Waals surface area contributed by atoms with Crippen LogP contribution in [0.5, 0.6) is 0 Å². The van der Waals surface area contributed by atoms with Crippen LogP contribution in [0.15, 0.2) is 121 Å². The maximum Gasteiger partial charge on any atom is 0.181 e. The normalized spacial score (nSPS) is 12.9. The molecule has 0 saturated carbocycles. The predicted octanol–water partition coefficient (Wildman–Crippen LogP) is 6.82. The Balaban J connectivity index is 2.09. The van der Waals surface area contributed by atoms with Gasteiger partial charge in [0.2, 0.25) is 0 Å². The summed E-state index contributed by atoms with van der Waals surface area (Å²) in [6.07, 6.45) is 2.90. The van der Waals surface area contributed by atoms with Crippen molar-refractivity contribution in [2.45, 2.75) is 32.1 Å². The molecule has 0 aliphatic heterocycles. The second kappa shape index (κ2) is 10.6. The molecule has 168 valence electrons. The van der Waals surface area contributed by atoms with Gasteiger partial charge in [-0.3, -0.25) is 0 Å². The average Bonchev–Trinajstić information content (AvgIpc) is 2.91. The van der Waals surface area contributed by atoms with Gasteiger partial charge in [0, 0.05) is 10.6 Å². The predicted molar refractivity (Wildman–Crippen MR) is 148 cm³/mol. The molecule has 0 heterocycles. The largest absolute Gasteiger partial charge is 0.309 e. The molecule has 4 rings (SSSR count). The fraction of sp³-hybridized carbons (Fsp3) is 0.200. The second-order valence-corrected chi connectivity index (χ2v) is 15.9. The van der Waals surface area contributed by atoms with Gasteiger partial charge in [0.15, 0.2) is 7.14 Å². The van der Waals surface area contributed by atoms with Gasteiger partial charge in [0.1, 0.15) is 5.40 Å². The van der Waals surface area contributed by atoms with Crippen molar-refractivity contribution in [2.24, 2.45) is 0 Å². The summed E-state index contributed by atoms with van der Waals surface area (Å²) in [4.78, 5) is 0. The molecule has 3 heteroatoms. The zero-order valence-electron chi connectivity index (χ0n) is 19.5. The van der Waals surface area contributed by atoms with E-state index in [9.17, 15) is 0 Å². The van der Waals surface area contributed by atoms with Crippen LogP contribution >= 0.6 is 14.4 Å². The van der Waals surface area contributed by atoms with Crippen LogP contribution in [0, 0.1) is 0 Å². The average molecular weight is 472 g/mol. The topological polar surface area (TPSA) is 17.1 Å². The van der Waals surface area contributed by atoms with Crippen molar-refractivity contribution in [3.8, 4) is 0 Å². The lowest BCUT2D eigenvalue weighted by atomic mass is 10.4. The van der Waals surface area contributed by atoms with Crippen molar-refractivity contribution >= 4 is 35.6 Å². The van der Waals surface area contributed by atoms with Gasteiger partial charge >= 0.3 is 0 Å². The molecule has 0 spiro atoms.